The molecule has 1 aromatic carbocycles. The maximum atomic E-state index is 12.1. The predicted molar refractivity (Wildman–Crippen MR) is 87.2 cm³/mol. The molecule has 0 aliphatic heterocycles. The summed E-state index contributed by atoms with van der Waals surface area (Å²) in [4.78, 5) is 14.0. The fourth-order valence-electron chi connectivity index (χ4n) is 3.43. The smallest absolute Gasteiger partial charge is 0.223 e. The lowest BCUT2D eigenvalue weighted by Crippen LogP contribution is -2.36. The van der Waals surface area contributed by atoms with Crippen LogP contribution >= 0.6 is 0 Å². The summed E-state index contributed by atoms with van der Waals surface area (Å²) in [7, 11) is 0. The van der Waals surface area contributed by atoms with Gasteiger partial charge >= 0.3 is 0 Å². The quantitative estimate of drug-likeness (QED) is 0.872. The van der Waals surface area contributed by atoms with Crippen LogP contribution < -0.4 is 5.32 Å². The van der Waals surface area contributed by atoms with Gasteiger partial charge < -0.3 is 10.2 Å². The van der Waals surface area contributed by atoms with E-state index in [1.54, 1.807) is 0 Å². The van der Waals surface area contributed by atoms with Crippen molar-refractivity contribution in [2.24, 2.45) is 5.41 Å². The van der Waals surface area contributed by atoms with Crippen molar-refractivity contribution in [3.8, 4) is 0 Å². The van der Waals surface area contributed by atoms with Crippen molar-refractivity contribution in [3.05, 3.63) is 35.4 Å². The highest BCUT2D eigenvalue weighted by Crippen LogP contribution is 2.44. The highest BCUT2D eigenvalue weighted by molar-refractivity contribution is 5.76. The summed E-state index contributed by atoms with van der Waals surface area (Å²) >= 11 is 0. The van der Waals surface area contributed by atoms with Crippen molar-refractivity contribution in [1.29, 1.82) is 0 Å². The third kappa shape index (κ3) is 3.46. The second-order valence-electron chi connectivity index (χ2n) is 6.57. The summed E-state index contributed by atoms with van der Waals surface area (Å²) in [6.07, 6.45) is 1.68. The summed E-state index contributed by atoms with van der Waals surface area (Å²) < 4.78 is 0. The van der Waals surface area contributed by atoms with Gasteiger partial charge in [0.25, 0.3) is 0 Å². The largest absolute Gasteiger partial charge is 0.343 e. The lowest BCUT2D eigenvalue weighted by Gasteiger charge is -2.29. The van der Waals surface area contributed by atoms with Gasteiger partial charge in [0.05, 0.1) is 0 Å². The maximum Gasteiger partial charge on any atom is 0.223 e. The Hall–Kier alpha value is -1.35. The van der Waals surface area contributed by atoms with Gasteiger partial charge in [-0.05, 0) is 36.8 Å². The number of rotatable bonds is 6. The van der Waals surface area contributed by atoms with Gasteiger partial charge in [-0.25, -0.2) is 0 Å². The van der Waals surface area contributed by atoms with Gasteiger partial charge in [-0.2, -0.15) is 0 Å². The Kier molecular flexibility index (Phi) is 5.04. The number of hydrogen-bond acceptors (Lipinski definition) is 2. The van der Waals surface area contributed by atoms with Gasteiger partial charge in [-0.1, -0.05) is 38.1 Å². The van der Waals surface area contributed by atoms with Crippen LogP contribution in [0.2, 0.25) is 0 Å². The Bertz CT molecular complexity index is 492. The number of carbonyl (C=O) groups is 1. The van der Waals surface area contributed by atoms with Gasteiger partial charge in [0.2, 0.25) is 5.91 Å². The zero-order valence-electron chi connectivity index (χ0n) is 13.8. The Morgan fingerprint density at radius 1 is 1.29 bits per heavy atom. The van der Waals surface area contributed by atoms with Gasteiger partial charge in [0.1, 0.15) is 0 Å². The molecule has 3 nitrogen and oxygen atoms in total. The van der Waals surface area contributed by atoms with E-state index in [2.05, 4.69) is 43.4 Å². The van der Waals surface area contributed by atoms with Crippen LogP contribution in [0.5, 0.6) is 0 Å². The Labute approximate surface area is 128 Å². The molecule has 21 heavy (non-hydrogen) atoms. The van der Waals surface area contributed by atoms with Crippen LogP contribution in [-0.2, 0) is 11.2 Å². The highest BCUT2D eigenvalue weighted by atomic mass is 16.2. The SMILES string of the molecule is CCN(CC)C(=O)CCNC1c2ccccc2CC1(C)C. The molecule has 1 amide bonds. The lowest BCUT2D eigenvalue weighted by atomic mass is 9.85. The minimum absolute atomic E-state index is 0.210. The minimum Gasteiger partial charge on any atom is -0.343 e. The molecular formula is C18H28N2O. The highest BCUT2D eigenvalue weighted by Gasteiger charge is 2.38. The first-order chi connectivity index (χ1) is 9.99. The van der Waals surface area contributed by atoms with Crippen LogP contribution in [-0.4, -0.2) is 30.4 Å². The zero-order chi connectivity index (χ0) is 15.5. The Morgan fingerprint density at radius 2 is 1.95 bits per heavy atom. The van der Waals surface area contributed by atoms with Crippen molar-refractivity contribution in [2.75, 3.05) is 19.6 Å². The molecule has 0 saturated carbocycles. The monoisotopic (exact) mass is 288 g/mol. The maximum absolute atomic E-state index is 12.1. The molecule has 1 aromatic rings. The molecule has 0 spiro atoms. The molecular weight excluding hydrogens is 260 g/mol. The molecule has 1 atom stereocenters. The van der Waals surface area contributed by atoms with Crippen LogP contribution in [0.3, 0.4) is 0 Å². The summed E-state index contributed by atoms with van der Waals surface area (Å²) in [5.41, 5.74) is 3.05. The van der Waals surface area contributed by atoms with Gasteiger partial charge in [0.15, 0.2) is 0 Å². The zero-order valence-corrected chi connectivity index (χ0v) is 13.8. The summed E-state index contributed by atoms with van der Waals surface area (Å²) in [5.74, 6) is 0.247. The minimum atomic E-state index is 0.210. The second kappa shape index (κ2) is 6.61. The van der Waals surface area contributed by atoms with Crippen molar-refractivity contribution < 1.29 is 4.79 Å². The van der Waals surface area contributed by atoms with E-state index >= 15 is 0 Å². The number of hydrogen-bond donors (Lipinski definition) is 1. The third-order valence-electron chi connectivity index (χ3n) is 4.60. The van der Waals surface area contributed by atoms with E-state index in [1.165, 1.54) is 11.1 Å². The van der Waals surface area contributed by atoms with E-state index < -0.39 is 0 Å². The van der Waals surface area contributed by atoms with E-state index in [1.807, 2.05) is 18.7 Å². The van der Waals surface area contributed by atoms with E-state index in [-0.39, 0.29) is 11.3 Å². The van der Waals surface area contributed by atoms with Crippen LogP contribution in [0.4, 0.5) is 0 Å². The number of nitrogens with one attached hydrogen (secondary N) is 1. The third-order valence-corrected chi connectivity index (χ3v) is 4.60. The van der Waals surface area contributed by atoms with Gasteiger partial charge in [-0.15, -0.1) is 0 Å². The van der Waals surface area contributed by atoms with E-state index in [4.69, 9.17) is 0 Å². The summed E-state index contributed by atoms with van der Waals surface area (Å²) in [6.45, 7) is 11.0. The molecule has 0 heterocycles. The molecule has 0 fully saturated rings. The molecule has 1 aliphatic carbocycles. The molecule has 0 bridgehead atoms. The van der Waals surface area contributed by atoms with E-state index in [9.17, 15) is 4.79 Å². The number of fused-ring (bicyclic) bond motifs is 1. The molecule has 0 aromatic heterocycles. The van der Waals surface area contributed by atoms with Crippen molar-refractivity contribution >= 4 is 5.91 Å². The van der Waals surface area contributed by atoms with Crippen LogP contribution in [0.1, 0.15) is 51.3 Å². The van der Waals surface area contributed by atoms with Crippen molar-refractivity contribution in [1.82, 2.24) is 10.2 Å². The predicted octanol–water partition coefficient (Wildman–Crippen LogP) is 3.16. The van der Waals surface area contributed by atoms with E-state index in [0.717, 1.165) is 26.1 Å². The summed E-state index contributed by atoms with van der Waals surface area (Å²) in [6, 6.07) is 9.00. The molecule has 2 rings (SSSR count). The average Bonchev–Trinajstić information content (AvgIpc) is 2.71. The molecule has 116 valence electrons. The average molecular weight is 288 g/mol. The normalized spacial score (nSPS) is 19.3. The molecule has 1 aliphatic rings. The summed E-state index contributed by atoms with van der Waals surface area (Å²) in [5, 5.41) is 3.61. The lowest BCUT2D eigenvalue weighted by molar-refractivity contribution is -0.130. The molecule has 1 N–H and O–H groups in total. The number of nitrogens with zero attached hydrogens (tertiary/aromatic N) is 1. The van der Waals surface area contributed by atoms with Crippen LogP contribution in [0, 0.1) is 5.41 Å². The van der Waals surface area contributed by atoms with Crippen LogP contribution in [0.25, 0.3) is 0 Å². The number of benzene rings is 1. The van der Waals surface area contributed by atoms with Crippen molar-refractivity contribution in [3.63, 3.8) is 0 Å². The second-order valence-corrected chi connectivity index (χ2v) is 6.57. The fourth-order valence-corrected chi connectivity index (χ4v) is 3.43. The standard InChI is InChI=1S/C18H28N2O/c1-5-20(6-2)16(21)11-12-19-17-15-10-8-7-9-14(15)13-18(17,3)4/h7-10,17,19H,5-6,11-13H2,1-4H3. The van der Waals surface area contributed by atoms with Crippen LogP contribution in [0.15, 0.2) is 24.3 Å². The number of carbonyl (C=O) groups excluding carboxylic acids is 1. The van der Waals surface area contributed by atoms with Crippen molar-refractivity contribution in [2.45, 2.75) is 46.6 Å². The van der Waals surface area contributed by atoms with E-state index in [0.29, 0.717) is 12.5 Å². The first-order valence-corrected chi connectivity index (χ1v) is 8.08. The van der Waals surface area contributed by atoms with Gasteiger partial charge in [-0.3, -0.25) is 4.79 Å². The first-order valence-electron chi connectivity index (χ1n) is 8.08. The molecule has 3 heteroatoms. The molecule has 0 radical (unpaired) electrons. The Balaban J connectivity index is 1.95. The van der Waals surface area contributed by atoms with Gasteiger partial charge in [0, 0.05) is 32.1 Å². The molecule has 0 saturated heterocycles. The topological polar surface area (TPSA) is 32.3 Å². The fraction of sp³-hybridized carbons (Fsp3) is 0.611. The Morgan fingerprint density at radius 3 is 2.62 bits per heavy atom. The molecule has 1 unspecified atom stereocenters. The number of amides is 1. The first kappa shape index (κ1) is 16.0.